The topological polar surface area (TPSA) is 54.5 Å². The Bertz CT molecular complexity index is 1100. The first-order valence-corrected chi connectivity index (χ1v) is 10.1. The van der Waals surface area contributed by atoms with Gasteiger partial charge in [0.15, 0.2) is 0 Å². The second-order valence-corrected chi connectivity index (χ2v) is 7.49. The Kier molecular flexibility index (Phi) is 6.38. The van der Waals surface area contributed by atoms with Gasteiger partial charge in [-0.3, -0.25) is 14.7 Å². The van der Waals surface area contributed by atoms with Gasteiger partial charge in [0.25, 0.3) is 5.91 Å². The zero-order chi connectivity index (χ0) is 22.7. The van der Waals surface area contributed by atoms with Crippen molar-refractivity contribution in [2.75, 3.05) is 32.8 Å². The first-order chi connectivity index (χ1) is 15.3. The number of hydrogen-bond acceptors (Lipinski definition) is 4. The molecule has 1 atom stereocenters. The minimum Gasteiger partial charge on any atom is -0.379 e. The first kappa shape index (κ1) is 22.2. The number of fused-ring (bicyclic) bond motifs is 1. The molecule has 1 N–H and O–H groups in total. The number of carbonyl (C=O) groups is 1. The van der Waals surface area contributed by atoms with Crippen molar-refractivity contribution in [3.8, 4) is 0 Å². The quantitative estimate of drug-likeness (QED) is 0.596. The number of pyridine rings is 1. The highest BCUT2D eigenvalue weighted by Crippen LogP contribution is 2.36. The number of amides is 1. The predicted molar refractivity (Wildman–Crippen MR) is 111 cm³/mol. The van der Waals surface area contributed by atoms with E-state index in [0.717, 1.165) is 11.8 Å². The molecular weight excluding hydrogens is 426 g/mol. The van der Waals surface area contributed by atoms with Gasteiger partial charge in [0.1, 0.15) is 5.82 Å². The monoisotopic (exact) mass is 447 g/mol. The summed E-state index contributed by atoms with van der Waals surface area (Å²) in [6.45, 7) is 2.22. The third kappa shape index (κ3) is 4.73. The third-order valence-corrected chi connectivity index (χ3v) is 5.50. The summed E-state index contributed by atoms with van der Waals surface area (Å²) in [5.41, 5.74) is -0.628. The summed E-state index contributed by atoms with van der Waals surface area (Å²) in [5.74, 6) is -1.26. The lowest BCUT2D eigenvalue weighted by Crippen LogP contribution is -2.44. The van der Waals surface area contributed by atoms with Crippen molar-refractivity contribution < 1.29 is 27.1 Å². The maximum atomic E-state index is 13.9. The fraction of sp³-hybridized carbons (Fsp3) is 0.304. The van der Waals surface area contributed by atoms with E-state index in [1.165, 1.54) is 30.3 Å². The van der Waals surface area contributed by atoms with E-state index in [0.29, 0.717) is 26.3 Å². The Morgan fingerprint density at radius 1 is 1.09 bits per heavy atom. The van der Waals surface area contributed by atoms with E-state index in [1.54, 1.807) is 18.2 Å². The zero-order valence-corrected chi connectivity index (χ0v) is 17.0. The molecule has 4 rings (SSSR count). The molecule has 1 aliphatic rings. The average molecular weight is 447 g/mol. The SMILES string of the molecule is O=C(NCC(c1ccc(F)cc1)N1CCOCC1)c1cnc2ccccc2c1C(F)(F)F. The molecule has 1 amide bonds. The maximum Gasteiger partial charge on any atom is 0.417 e. The van der Waals surface area contributed by atoms with Crippen LogP contribution in [0.4, 0.5) is 17.6 Å². The van der Waals surface area contributed by atoms with Gasteiger partial charge in [-0.25, -0.2) is 4.39 Å². The normalized spacial score (nSPS) is 16.1. The molecule has 1 unspecified atom stereocenters. The van der Waals surface area contributed by atoms with Crippen molar-refractivity contribution in [3.05, 3.63) is 77.2 Å². The van der Waals surface area contributed by atoms with Gasteiger partial charge in [-0.05, 0) is 23.8 Å². The summed E-state index contributed by atoms with van der Waals surface area (Å²) >= 11 is 0. The van der Waals surface area contributed by atoms with Crippen LogP contribution in [0.1, 0.15) is 27.5 Å². The van der Waals surface area contributed by atoms with E-state index in [2.05, 4.69) is 15.2 Å². The van der Waals surface area contributed by atoms with Gasteiger partial charge < -0.3 is 10.1 Å². The van der Waals surface area contributed by atoms with E-state index >= 15 is 0 Å². The molecule has 2 heterocycles. The second kappa shape index (κ2) is 9.22. The Morgan fingerprint density at radius 2 is 1.78 bits per heavy atom. The number of aromatic nitrogens is 1. The highest BCUT2D eigenvalue weighted by Gasteiger charge is 2.38. The number of para-hydroxylation sites is 1. The predicted octanol–water partition coefficient (Wildman–Crippen LogP) is 4.20. The van der Waals surface area contributed by atoms with E-state index in [4.69, 9.17) is 4.74 Å². The van der Waals surface area contributed by atoms with Crippen molar-refractivity contribution in [1.29, 1.82) is 0 Å². The van der Waals surface area contributed by atoms with E-state index < -0.39 is 29.0 Å². The van der Waals surface area contributed by atoms with Crippen LogP contribution in [0.2, 0.25) is 0 Å². The van der Waals surface area contributed by atoms with Gasteiger partial charge in [0.2, 0.25) is 0 Å². The number of carbonyl (C=O) groups excluding carboxylic acids is 1. The van der Waals surface area contributed by atoms with Crippen LogP contribution >= 0.6 is 0 Å². The van der Waals surface area contributed by atoms with Gasteiger partial charge in [0.05, 0.1) is 35.9 Å². The minimum absolute atomic E-state index is 0.0502. The molecule has 1 fully saturated rings. The lowest BCUT2D eigenvalue weighted by atomic mass is 10.0. The van der Waals surface area contributed by atoms with Crippen molar-refractivity contribution in [2.45, 2.75) is 12.2 Å². The van der Waals surface area contributed by atoms with Crippen LogP contribution < -0.4 is 5.32 Å². The molecule has 0 saturated carbocycles. The Labute approximate surface area is 182 Å². The number of alkyl halides is 3. The lowest BCUT2D eigenvalue weighted by molar-refractivity contribution is -0.136. The van der Waals surface area contributed by atoms with Crippen LogP contribution in [0.5, 0.6) is 0 Å². The summed E-state index contributed by atoms with van der Waals surface area (Å²) in [6, 6.07) is 11.4. The number of morpholine rings is 1. The van der Waals surface area contributed by atoms with Crippen molar-refractivity contribution in [2.24, 2.45) is 0 Å². The number of nitrogens with zero attached hydrogens (tertiary/aromatic N) is 2. The lowest BCUT2D eigenvalue weighted by Gasteiger charge is -2.35. The second-order valence-electron chi connectivity index (χ2n) is 7.49. The number of halogens is 4. The van der Waals surface area contributed by atoms with Crippen LogP contribution in [-0.4, -0.2) is 48.6 Å². The number of nitrogens with one attached hydrogen (secondary N) is 1. The van der Waals surface area contributed by atoms with E-state index in [9.17, 15) is 22.4 Å². The smallest absolute Gasteiger partial charge is 0.379 e. The molecule has 1 aromatic heterocycles. The standard InChI is InChI=1S/C23H21F4N3O2/c24-16-7-5-15(6-8-16)20(30-9-11-32-12-10-30)14-29-22(31)18-13-28-19-4-2-1-3-17(19)21(18)23(25,26)27/h1-8,13,20H,9-12,14H2,(H,29,31). The fourth-order valence-electron chi connectivity index (χ4n) is 3.94. The molecule has 1 saturated heterocycles. The van der Waals surface area contributed by atoms with Gasteiger partial charge in [0, 0.05) is 31.2 Å². The minimum atomic E-state index is -4.73. The molecule has 168 valence electrons. The molecule has 0 radical (unpaired) electrons. The molecule has 9 heteroatoms. The molecule has 0 aliphatic carbocycles. The average Bonchev–Trinajstić information content (AvgIpc) is 2.79. The number of hydrogen-bond donors (Lipinski definition) is 1. The molecule has 0 bridgehead atoms. The first-order valence-electron chi connectivity index (χ1n) is 10.1. The molecular formula is C23H21F4N3O2. The van der Waals surface area contributed by atoms with Crippen molar-refractivity contribution in [1.82, 2.24) is 15.2 Å². The highest BCUT2D eigenvalue weighted by atomic mass is 19.4. The largest absolute Gasteiger partial charge is 0.417 e. The van der Waals surface area contributed by atoms with Gasteiger partial charge in [-0.2, -0.15) is 13.2 Å². The molecule has 1 aliphatic heterocycles. The van der Waals surface area contributed by atoms with Crippen LogP contribution in [-0.2, 0) is 10.9 Å². The van der Waals surface area contributed by atoms with E-state index in [-0.39, 0.29) is 23.5 Å². The van der Waals surface area contributed by atoms with Gasteiger partial charge in [-0.15, -0.1) is 0 Å². The number of benzene rings is 2. The van der Waals surface area contributed by atoms with Crippen molar-refractivity contribution >= 4 is 16.8 Å². The Hall–Kier alpha value is -3.04. The van der Waals surface area contributed by atoms with Crippen LogP contribution in [0.3, 0.4) is 0 Å². The summed E-state index contributed by atoms with van der Waals surface area (Å²) in [5, 5.41) is 2.50. The molecule has 5 nitrogen and oxygen atoms in total. The molecule has 0 spiro atoms. The zero-order valence-electron chi connectivity index (χ0n) is 17.0. The number of rotatable bonds is 5. The van der Waals surface area contributed by atoms with Gasteiger partial charge >= 0.3 is 6.18 Å². The van der Waals surface area contributed by atoms with Crippen LogP contribution in [0.15, 0.2) is 54.7 Å². The molecule has 2 aromatic carbocycles. The Morgan fingerprint density at radius 3 is 2.47 bits per heavy atom. The molecule has 3 aromatic rings. The highest BCUT2D eigenvalue weighted by molar-refractivity contribution is 6.00. The van der Waals surface area contributed by atoms with E-state index in [1.807, 2.05) is 0 Å². The van der Waals surface area contributed by atoms with Crippen molar-refractivity contribution in [3.63, 3.8) is 0 Å². The fourth-order valence-corrected chi connectivity index (χ4v) is 3.94. The molecule has 32 heavy (non-hydrogen) atoms. The van der Waals surface area contributed by atoms with Crippen LogP contribution in [0, 0.1) is 5.82 Å². The Balaban J connectivity index is 1.62. The summed E-state index contributed by atoms with van der Waals surface area (Å²) in [7, 11) is 0. The van der Waals surface area contributed by atoms with Crippen LogP contribution in [0.25, 0.3) is 10.9 Å². The summed E-state index contributed by atoms with van der Waals surface area (Å²) in [6.07, 6.45) is -3.77. The number of ether oxygens (including phenoxy) is 1. The summed E-state index contributed by atoms with van der Waals surface area (Å²) < 4.78 is 60.4. The summed E-state index contributed by atoms with van der Waals surface area (Å²) in [4.78, 5) is 19.0. The maximum absolute atomic E-state index is 13.9. The third-order valence-electron chi connectivity index (χ3n) is 5.50. The van der Waals surface area contributed by atoms with Gasteiger partial charge in [-0.1, -0.05) is 30.3 Å².